The number of hydrogen-bond donors (Lipinski definition) is 1. The van der Waals surface area contributed by atoms with Crippen molar-refractivity contribution in [2.24, 2.45) is 0 Å². The average Bonchev–Trinajstić information content (AvgIpc) is 3.05. The van der Waals surface area contributed by atoms with Gasteiger partial charge in [-0.05, 0) is 12.5 Å². The number of nitrogens with zero attached hydrogens (tertiary/aromatic N) is 3. The number of nitrogens with one attached hydrogen (secondary N) is 1. The normalized spacial score (nSPS) is 10.5. The second-order valence-electron chi connectivity index (χ2n) is 5.51. The third kappa shape index (κ3) is 3.83. The van der Waals surface area contributed by atoms with Gasteiger partial charge in [0.25, 0.3) is 11.2 Å². The molecule has 9 heteroatoms. The van der Waals surface area contributed by atoms with Crippen molar-refractivity contribution in [1.82, 2.24) is 9.55 Å². The number of pyridine rings is 1. The van der Waals surface area contributed by atoms with E-state index in [0.29, 0.717) is 5.13 Å². The summed E-state index contributed by atoms with van der Waals surface area (Å²) in [6.07, 6.45) is 1.04. The number of benzene rings is 1. The lowest BCUT2D eigenvalue weighted by Crippen LogP contribution is -2.26. The molecule has 0 unspecified atom stereocenters. The van der Waals surface area contributed by atoms with Crippen molar-refractivity contribution >= 4 is 28.1 Å². The van der Waals surface area contributed by atoms with Crippen molar-refractivity contribution in [1.29, 1.82) is 0 Å². The first-order chi connectivity index (χ1) is 12.4. The van der Waals surface area contributed by atoms with E-state index < -0.39 is 16.4 Å². The van der Waals surface area contributed by atoms with Crippen LogP contribution in [0.25, 0.3) is 11.3 Å². The lowest BCUT2D eigenvalue weighted by molar-refractivity contribution is -0.385. The number of carbonyl (C=O) groups is 1. The number of rotatable bonds is 5. The summed E-state index contributed by atoms with van der Waals surface area (Å²) in [7, 11) is 0. The molecule has 8 nitrogen and oxygen atoms in total. The van der Waals surface area contributed by atoms with Gasteiger partial charge in [0, 0.05) is 23.1 Å². The summed E-state index contributed by atoms with van der Waals surface area (Å²) < 4.78 is 0.989. The Morgan fingerprint density at radius 2 is 2.08 bits per heavy atom. The molecule has 132 valence electrons. The van der Waals surface area contributed by atoms with Crippen molar-refractivity contribution in [2.45, 2.75) is 13.5 Å². The Labute approximate surface area is 151 Å². The van der Waals surface area contributed by atoms with Crippen LogP contribution in [0.2, 0.25) is 0 Å². The number of thiazole rings is 1. The molecule has 3 rings (SSSR count). The number of aromatic nitrogens is 2. The summed E-state index contributed by atoms with van der Waals surface area (Å²) in [5, 5.41) is 15.6. The van der Waals surface area contributed by atoms with E-state index in [9.17, 15) is 19.7 Å². The van der Waals surface area contributed by atoms with Crippen molar-refractivity contribution in [3.05, 3.63) is 74.0 Å². The minimum atomic E-state index is -0.622. The van der Waals surface area contributed by atoms with Crippen molar-refractivity contribution < 1.29 is 9.72 Å². The van der Waals surface area contributed by atoms with Crippen molar-refractivity contribution in [2.75, 3.05) is 5.32 Å². The van der Waals surface area contributed by atoms with Gasteiger partial charge in [-0.15, -0.1) is 11.3 Å². The molecule has 3 aromatic rings. The molecule has 0 aliphatic carbocycles. The molecule has 2 heterocycles. The summed E-state index contributed by atoms with van der Waals surface area (Å²) >= 11 is 1.27. The van der Waals surface area contributed by atoms with Gasteiger partial charge in [-0.3, -0.25) is 24.3 Å². The molecule has 1 amide bonds. The zero-order valence-corrected chi connectivity index (χ0v) is 14.5. The fourth-order valence-electron chi connectivity index (χ4n) is 2.38. The highest BCUT2D eigenvalue weighted by atomic mass is 32.1. The maximum atomic E-state index is 12.2. The van der Waals surface area contributed by atoms with Crippen molar-refractivity contribution in [3.63, 3.8) is 0 Å². The van der Waals surface area contributed by atoms with Crippen LogP contribution in [-0.4, -0.2) is 20.4 Å². The molecule has 2 aromatic heterocycles. The Bertz CT molecular complexity index is 1040. The number of nitro groups is 1. The third-order valence-electron chi connectivity index (χ3n) is 3.66. The van der Waals surface area contributed by atoms with Gasteiger partial charge in [-0.25, -0.2) is 4.98 Å². The van der Waals surface area contributed by atoms with Gasteiger partial charge in [-0.1, -0.05) is 24.3 Å². The molecule has 0 saturated heterocycles. The molecule has 1 aromatic carbocycles. The summed E-state index contributed by atoms with van der Waals surface area (Å²) in [5.74, 6) is -0.488. The maximum absolute atomic E-state index is 12.2. The fraction of sp³-hybridized carbons (Fsp3) is 0.118. The monoisotopic (exact) mass is 370 g/mol. The summed E-state index contributed by atoms with van der Waals surface area (Å²) in [6, 6.07) is 9.93. The first-order valence-corrected chi connectivity index (χ1v) is 8.48. The van der Waals surface area contributed by atoms with Crippen LogP contribution in [-0.2, 0) is 11.3 Å². The number of carbonyl (C=O) groups excluding carboxylic acids is 1. The van der Waals surface area contributed by atoms with E-state index >= 15 is 0 Å². The molecule has 0 aliphatic rings. The Hall–Kier alpha value is -3.33. The van der Waals surface area contributed by atoms with Crippen LogP contribution < -0.4 is 10.9 Å². The predicted molar refractivity (Wildman–Crippen MR) is 98.3 cm³/mol. The lowest BCUT2D eigenvalue weighted by Gasteiger charge is -2.05. The highest BCUT2D eigenvalue weighted by molar-refractivity contribution is 7.14. The van der Waals surface area contributed by atoms with Crippen LogP contribution in [0.4, 0.5) is 10.8 Å². The average molecular weight is 370 g/mol. The van der Waals surface area contributed by atoms with E-state index in [1.54, 1.807) is 0 Å². The molecule has 1 N–H and O–H groups in total. The van der Waals surface area contributed by atoms with E-state index in [1.807, 2.05) is 36.6 Å². The van der Waals surface area contributed by atoms with E-state index in [-0.39, 0.29) is 12.2 Å². The Balaban J connectivity index is 1.74. The maximum Gasteiger partial charge on any atom is 0.285 e. The third-order valence-corrected chi connectivity index (χ3v) is 4.42. The summed E-state index contributed by atoms with van der Waals surface area (Å²) in [4.78, 5) is 38.5. The standard InChI is InChI=1S/C17H14N4O4S/c1-11-4-2-3-5-13(11)14-10-26-17(18-14)19-15(22)9-20-8-12(21(24)25)6-7-16(20)23/h2-8,10H,9H2,1H3,(H,18,19,22). The van der Waals surface area contributed by atoms with Crippen LogP contribution in [0.5, 0.6) is 0 Å². The van der Waals surface area contributed by atoms with Gasteiger partial charge in [0.2, 0.25) is 5.91 Å². The first kappa shape index (κ1) is 17.5. The largest absolute Gasteiger partial charge is 0.300 e. The highest BCUT2D eigenvalue weighted by Crippen LogP contribution is 2.27. The van der Waals surface area contributed by atoms with E-state index in [2.05, 4.69) is 10.3 Å². The minimum absolute atomic E-state index is 0.256. The van der Waals surface area contributed by atoms with Crippen LogP contribution >= 0.6 is 11.3 Å². The summed E-state index contributed by atoms with van der Waals surface area (Å²) in [5.41, 5.74) is 2.04. The molecule has 26 heavy (non-hydrogen) atoms. The van der Waals surface area contributed by atoms with Crippen molar-refractivity contribution in [3.8, 4) is 11.3 Å². The van der Waals surface area contributed by atoms with Gasteiger partial charge >= 0.3 is 0 Å². The number of aryl methyl sites for hydroxylation is 1. The van der Waals surface area contributed by atoms with E-state index in [0.717, 1.165) is 39.7 Å². The molecule has 0 fully saturated rings. The van der Waals surface area contributed by atoms with Gasteiger partial charge in [0.15, 0.2) is 5.13 Å². The first-order valence-electron chi connectivity index (χ1n) is 7.60. The lowest BCUT2D eigenvalue weighted by atomic mass is 10.1. The predicted octanol–water partition coefficient (Wildman–Crippen LogP) is 2.83. The Kier molecular flexibility index (Phi) is 4.90. The van der Waals surface area contributed by atoms with Gasteiger partial charge in [-0.2, -0.15) is 0 Å². The van der Waals surface area contributed by atoms with Gasteiger partial charge in [0.1, 0.15) is 6.54 Å². The Morgan fingerprint density at radius 3 is 2.81 bits per heavy atom. The van der Waals surface area contributed by atoms with Crippen LogP contribution in [0.3, 0.4) is 0 Å². The highest BCUT2D eigenvalue weighted by Gasteiger charge is 2.13. The molecule has 0 atom stereocenters. The van der Waals surface area contributed by atoms with Crippen LogP contribution in [0, 0.1) is 17.0 Å². The van der Waals surface area contributed by atoms with Crippen LogP contribution in [0.1, 0.15) is 5.56 Å². The zero-order valence-electron chi connectivity index (χ0n) is 13.7. The number of amides is 1. The molecule has 0 aliphatic heterocycles. The summed E-state index contributed by atoms with van der Waals surface area (Å²) in [6.45, 7) is 1.64. The topological polar surface area (TPSA) is 107 Å². The fourth-order valence-corrected chi connectivity index (χ4v) is 3.11. The number of hydrogen-bond acceptors (Lipinski definition) is 6. The van der Waals surface area contributed by atoms with E-state index in [4.69, 9.17) is 0 Å². The zero-order chi connectivity index (χ0) is 18.7. The molecular formula is C17H14N4O4S. The molecule has 0 radical (unpaired) electrons. The Morgan fingerprint density at radius 1 is 1.31 bits per heavy atom. The van der Waals surface area contributed by atoms with Crippen LogP contribution in [0.15, 0.2) is 52.8 Å². The minimum Gasteiger partial charge on any atom is -0.300 e. The quantitative estimate of drug-likeness (QED) is 0.549. The number of anilines is 1. The van der Waals surface area contributed by atoms with Gasteiger partial charge in [0.05, 0.1) is 16.8 Å². The SMILES string of the molecule is Cc1ccccc1-c1csc(NC(=O)Cn2cc([N+](=O)[O-])ccc2=O)n1. The molecule has 0 bridgehead atoms. The molecule has 0 saturated carbocycles. The second kappa shape index (κ2) is 7.28. The molecular weight excluding hydrogens is 356 g/mol. The molecule has 0 spiro atoms. The van der Waals surface area contributed by atoms with E-state index in [1.165, 1.54) is 11.3 Å². The second-order valence-corrected chi connectivity index (χ2v) is 6.37. The smallest absolute Gasteiger partial charge is 0.285 e. The van der Waals surface area contributed by atoms with Gasteiger partial charge < -0.3 is 5.32 Å².